The molecular formula is C10H10ClN5O. The summed E-state index contributed by atoms with van der Waals surface area (Å²) in [4.78, 5) is 15.8. The molecule has 0 aromatic carbocycles. The molecule has 1 amide bonds. The number of halogens is 1. The van der Waals surface area contributed by atoms with E-state index in [1.54, 1.807) is 12.3 Å². The Morgan fingerprint density at radius 3 is 3.06 bits per heavy atom. The monoisotopic (exact) mass is 251 g/mol. The van der Waals surface area contributed by atoms with Crippen LogP contribution in [0.1, 0.15) is 29.4 Å². The Balaban J connectivity index is 1.85. The molecule has 0 atom stereocenters. The number of carbonyl (C=O) groups is 1. The van der Waals surface area contributed by atoms with E-state index in [1.165, 1.54) is 6.33 Å². The third kappa shape index (κ3) is 2.03. The lowest BCUT2D eigenvalue weighted by atomic mass is 10.4. The van der Waals surface area contributed by atoms with Crippen LogP contribution in [0.2, 0.25) is 5.02 Å². The number of nitrogens with zero attached hydrogens (tertiary/aromatic N) is 3. The van der Waals surface area contributed by atoms with Crippen molar-refractivity contribution in [2.24, 2.45) is 0 Å². The molecule has 1 aliphatic carbocycles. The van der Waals surface area contributed by atoms with Crippen molar-refractivity contribution in [2.75, 3.05) is 5.32 Å². The second kappa shape index (κ2) is 3.89. The van der Waals surface area contributed by atoms with E-state index in [1.807, 2.05) is 4.57 Å². The Hall–Kier alpha value is -1.82. The fraction of sp³-hybridized carbons (Fsp3) is 0.300. The van der Waals surface area contributed by atoms with Gasteiger partial charge in [0.2, 0.25) is 5.95 Å². The third-order valence-electron chi connectivity index (χ3n) is 2.64. The Morgan fingerprint density at radius 1 is 1.59 bits per heavy atom. The molecule has 0 aliphatic heterocycles. The number of hydrogen-bond donors (Lipinski definition) is 2. The molecule has 6 nitrogen and oxygen atoms in total. The maximum atomic E-state index is 12.0. The van der Waals surface area contributed by atoms with Crippen molar-refractivity contribution < 1.29 is 4.79 Å². The van der Waals surface area contributed by atoms with E-state index < -0.39 is 0 Å². The first-order valence-electron chi connectivity index (χ1n) is 5.28. The number of carbonyl (C=O) groups excluding carboxylic acids is 1. The summed E-state index contributed by atoms with van der Waals surface area (Å²) in [6.45, 7) is 0. The van der Waals surface area contributed by atoms with Crippen LogP contribution in [0.25, 0.3) is 0 Å². The molecule has 2 heterocycles. The molecule has 3 rings (SSSR count). The van der Waals surface area contributed by atoms with Gasteiger partial charge in [0.1, 0.15) is 12.0 Å². The Kier molecular flexibility index (Phi) is 2.36. The van der Waals surface area contributed by atoms with Crippen LogP contribution in [0.3, 0.4) is 0 Å². The molecule has 2 aromatic heterocycles. The lowest BCUT2D eigenvalue weighted by Gasteiger charge is -2.06. The maximum absolute atomic E-state index is 12.0. The average molecular weight is 252 g/mol. The van der Waals surface area contributed by atoms with Gasteiger partial charge in [-0.3, -0.25) is 10.1 Å². The first-order valence-corrected chi connectivity index (χ1v) is 5.66. The maximum Gasteiger partial charge on any atom is 0.274 e. The third-order valence-corrected chi connectivity index (χ3v) is 2.84. The van der Waals surface area contributed by atoms with Gasteiger partial charge in [0, 0.05) is 12.2 Å². The smallest absolute Gasteiger partial charge is 0.274 e. The number of H-pyrrole nitrogens is 1. The Morgan fingerprint density at radius 2 is 2.41 bits per heavy atom. The summed E-state index contributed by atoms with van der Waals surface area (Å²) in [5, 5.41) is 9.43. The summed E-state index contributed by atoms with van der Waals surface area (Å²) in [7, 11) is 0. The number of rotatable bonds is 3. The number of aromatic amines is 1. The summed E-state index contributed by atoms with van der Waals surface area (Å²) in [5.41, 5.74) is 0.550. The second-order valence-electron chi connectivity index (χ2n) is 3.97. The molecule has 1 aliphatic rings. The van der Waals surface area contributed by atoms with Crippen LogP contribution >= 0.6 is 11.6 Å². The highest BCUT2D eigenvalue weighted by Crippen LogP contribution is 2.37. The van der Waals surface area contributed by atoms with Crippen molar-refractivity contribution in [3.63, 3.8) is 0 Å². The summed E-state index contributed by atoms with van der Waals surface area (Å²) >= 11 is 5.93. The van der Waals surface area contributed by atoms with Crippen molar-refractivity contribution in [2.45, 2.75) is 18.9 Å². The van der Waals surface area contributed by atoms with Crippen LogP contribution in [-0.2, 0) is 0 Å². The SMILES string of the molecule is O=C(Nc1ncn[nH]1)c1cc(Cl)cn1C1CC1. The number of hydrogen-bond acceptors (Lipinski definition) is 3. The molecule has 0 unspecified atom stereocenters. The van der Waals surface area contributed by atoms with E-state index in [2.05, 4.69) is 20.5 Å². The second-order valence-corrected chi connectivity index (χ2v) is 4.41. The van der Waals surface area contributed by atoms with E-state index in [-0.39, 0.29) is 5.91 Å². The van der Waals surface area contributed by atoms with Crippen LogP contribution in [0, 0.1) is 0 Å². The van der Waals surface area contributed by atoms with Crippen molar-refractivity contribution in [1.82, 2.24) is 19.7 Å². The quantitative estimate of drug-likeness (QED) is 0.874. The van der Waals surface area contributed by atoms with Gasteiger partial charge in [-0.1, -0.05) is 11.6 Å². The van der Waals surface area contributed by atoms with Gasteiger partial charge in [-0.25, -0.2) is 5.10 Å². The molecular weight excluding hydrogens is 242 g/mol. The first kappa shape index (κ1) is 10.3. The van der Waals surface area contributed by atoms with Crippen LogP contribution in [0.15, 0.2) is 18.6 Å². The first-order chi connectivity index (χ1) is 8.24. The van der Waals surface area contributed by atoms with Gasteiger partial charge in [0.15, 0.2) is 0 Å². The highest BCUT2D eigenvalue weighted by atomic mass is 35.5. The van der Waals surface area contributed by atoms with Gasteiger partial charge < -0.3 is 4.57 Å². The predicted octanol–water partition coefficient (Wildman–Crippen LogP) is 1.85. The predicted molar refractivity (Wildman–Crippen MR) is 62.0 cm³/mol. The normalized spacial score (nSPS) is 14.9. The Labute approximate surface area is 102 Å². The van der Waals surface area contributed by atoms with Crippen LogP contribution in [0.4, 0.5) is 5.95 Å². The minimum absolute atomic E-state index is 0.236. The molecule has 2 N–H and O–H groups in total. The minimum atomic E-state index is -0.236. The molecule has 1 saturated carbocycles. The van der Waals surface area contributed by atoms with Crippen molar-refractivity contribution in [1.29, 1.82) is 0 Å². The van der Waals surface area contributed by atoms with Crippen molar-refractivity contribution in [3.05, 3.63) is 29.3 Å². The fourth-order valence-electron chi connectivity index (χ4n) is 1.72. The summed E-state index contributed by atoms with van der Waals surface area (Å²) in [6, 6.07) is 2.06. The molecule has 2 aromatic rings. The number of aromatic nitrogens is 4. The van der Waals surface area contributed by atoms with Gasteiger partial charge in [-0.15, -0.1) is 0 Å². The van der Waals surface area contributed by atoms with Gasteiger partial charge in [-0.05, 0) is 18.9 Å². The zero-order valence-electron chi connectivity index (χ0n) is 8.85. The molecule has 88 valence electrons. The van der Waals surface area contributed by atoms with Gasteiger partial charge in [0.05, 0.1) is 5.02 Å². The van der Waals surface area contributed by atoms with Crippen molar-refractivity contribution in [3.8, 4) is 0 Å². The topological polar surface area (TPSA) is 75.6 Å². The van der Waals surface area contributed by atoms with E-state index >= 15 is 0 Å². The standard InChI is InChI=1S/C10H10ClN5O/c11-6-3-8(16(4-6)7-1-2-7)9(17)14-10-12-5-13-15-10/h3-5,7H,1-2H2,(H2,12,13,14,15,17). The zero-order valence-corrected chi connectivity index (χ0v) is 9.61. The van der Waals surface area contributed by atoms with E-state index in [0.717, 1.165) is 12.8 Å². The molecule has 17 heavy (non-hydrogen) atoms. The van der Waals surface area contributed by atoms with Crippen LogP contribution in [-0.4, -0.2) is 25.7 Å². The summed E-state index contributed by atoms with van der Waals surface area (Å²) < 4.78 is 1.91. The van der Waals surface area contributed by atoms with Crippen molar-refractivity contribution >= 4 is 23.5 Å². The average Bonchev–Trinajstić information content (AvgIpc) is 2.88. The molecule has 1 fully saturated rings. The largest absolute Gasteiger partial charge is 0.339 e. The van der Waals surface area contributed by atoms with Gasteiger partial charge >= 0.3 is 0 Å². The van der Waals surface area contributed by atoms with Crippen LogP contribution in [0.5, 0.6) is 0 Å². The number of nitrogens with one attached hydrogen (secondary N) is 2. The molecule has 7 heteroatoms. The fourth-order valence-corrected chi connectivity index (χ4v) is 1.93. The van der Waals surface area contributed by atoms with E-state index in [4.69, 9.17) is 11.6 Å². The highest BCUT2D eigenvalue weighted by molar-refractivity contribution is 6.31. The minimum Gasteiger partial charge on any atom is -0.339 e. The molecule has 0 spiro atoms. The van der Waals surface area contributed by atoms with E-state index in [0.29, 0.717) is 22.7 Å². The highest BCUT2D eigenvalue weighted by Gasteiger charge is 2.28. The zero-order chi connectivity index (χ0) is 11.8. The Bertz CT molecular complexity index is 543. The molecule has 0 radical (unpaired) electrons. The molecule has 0 saturated heterocycles. The number of anilines is 1. The summed E-state index contributed by atoms with van der Waals surface area (Å²) in [6.07, 6.45) is 5.30. The molecule has 0 bridgehead atoms. The van der Waals surface area contributed by atoms with Crippen LogP contribution < -0.4 is 5.32 Å². The lowest BCUT2D eigenvalue weighted by molar-refractivity contribution is 0.101. The summed E-state index contributed by atoms with van der Waals surface area (Å²) in [5.74, 6) is 0.0928. The van der Waals surface area contributed by atoms with Gasteiger partial charge in [-0.2, -0.15) is 10.1 Å². The van der Waals surface area contributed by atoms with Gasteiger partial charge in [0.25, 0.3) is 5.91 Å². The number of amides is 1. The van der Waals surface area contributed by atoms with E-state index in [9.17, 15) is 4.79 Å². The lowest BCUT2D eigenvalue weighted by Crippen LogP contribution is -2.17.